The van der Waals surface area contributed by atoms with Gasteiger partial charge in [-0.3, -0.25) is 9.59 Å². The third kappa shape index (κ3) is 1.86. The average Bonchev–Trinajstić information content (AvgIpc) is 3.45. The minimum Gasteiger partial charge on any atom is -0.481 e. The maximum absolute atomic E-state index is 13.0. The molecule has 0 aromatic heterocycles. The molecule has 4 nitrogen and oxygen atoms in total. The maximum Gasteiger partial charge on any atom is 0.307 e. The van der Waals surface area contributed by atoms with E-state index in [0.29, 0.717) is 5.91 Å². The van der Waals surface area contributed by atoms with Gasteiger partial charge in [0.05, 0.1) is 5.92 Å². The first-order chi connectivity index (χ1) is 11.6. The predicted octanol–water partition coefficient (Wildman–Crippen LogP) is 2.60. The molecule has 1 amide bonds. The highest BCUT2D eigenvalue weighted by molar-refractivity contribution is 5.85. The summed E-state index contributed by atoms with van der Waals surface area (Å²) in [6, 6.07) is 8.60. The van der Waals surface area contributed by atoms with Crippen LogP contribution >= 0.6 is 0 Å². The Morgan fingerprint density at radius 1 is 1.04 bits per heavy atom. The lowest BCUT2D eigenvalue weighted by atomic mass is 9.90. The number of likely N-dealkylation sites (tertiary alicyclic amines) is 1. The van der Waals surface area contributed by atoms with Crippen molar-refractivity contribution in [3.8, 4) is 0 Å². The topological polar surface area (TPSA) is 57.6 Å². The molecule has 0 radical (unpaired) electrons. The number of nitrogens with zero attached hydrogens (tertiary/aromatic N) is 1. The number of amides is 1. The summed E-state index contributed by atoms with van der Waals surface area (Å²) in [5.74, 6) is -0.346. The number of fused-ring (bicyclic) bond motifs is 2. The Kier molecular flexibility index (Phi) is 2.79. The standard InChI is InChI=1S/C20H23NO3/c22-17(21-9-7-19(8-10-21)11-16(19)18(23)24)15-12-20(15)6-5-13-3-1-2-4-14(13)20/h1-4,15-16H,5-12H2,(H,23,24). The van der Waals surface area contributed by atoms with Crippen LogP contribution in [0, 0.1) is 17.3 Å². The van der Waals surface area contributed by atoms with Gasteiger partial charge in [0.15, 0.2) is 0 Å². The van der Waals surface area contributed by atoms with Gasteiger partial charge in [-0.25, -0.2) is 0 Å². The molecule has 126 valence electrons. The molecule has 2 spiro atoms. The highest BCUT2D eigenvalue weighted by Gasteiger charge is 2.63. The van der Waals surface area contributed by atoms with Crippen molar-refractivity contribution >= 4 is 11.9 Å². The Morgan fingerprint density at radius 3 is 2.50 bits per heavy atom. The normalized spacial score (nSPS) is 35.1. The molecule has 1 aliphatic heterocycles. The van der Waals surface area contributed by atoms with Crippen LogP contribution in [0.4, 0.5) is 0 Å². The van der Waals surface area contributed by atoms with E-state index in [1.807, 2.05) is 4.90 Å². The van der Waals surface area contributed by atoms with Gasteiger partial charge in [-0.2, -0.15) is 0 Å². The van der Waals surface area contributed by atoms with Crippen LogP contribution in [0.15, 0.2) is 24.3 Å². The zero-order chi connectivity index (χ0) is 16.5. The molecular weight excluding hydrogens is 302 g/mol. The van der Waals surface area contributed by atoms with Crippen molar-refractivity contribution in [2.45, 2.75) is 43.9 Å². The fourth-order valence-corrected chi connectivity index (χ4v) is 5.56. The molecule has 1 heterocycles. The Hall–Kier alpha value is -1.84. The second-order valence-electron chi connectivity index (χ2n) is 8.35. The van der Waals surface area contributed by atoms with E-state index in [0.717, 1.165) is 51.6 Å². The zero-order valence-electron chi connectivity index (χ0n) is 13.8. The quantitative estimate of drug-likeness (QED) is 0.909. The Labute approximate surface area is 141 Å². The molecule has 2 saturated carbocycles. The SMILES string of the molecule is O=C(O)C1CC12CCN(C(=O)C1CC13CCc1ccccc13)CC2. The predicted molar refractivity (Wildman–Crippen MR) is 88.5 cm³/mol. The lowest BCUT2D eigenvalue weighted by Crippen LogP contribution is -2.41. The van der Waals surface area contributed by atoms with Gasteiger partial charge in [-0.05, 0) is 55.1 Å². The summed E-state index contributed by atoms with van der Waals surface area (Å²) in [6.45, 7) is 1.49. The molecule has 1 saturated heterocycles. The smallest absolute Gasteiger partial charge is 0.307 e. The van der Waals surface area contributed by atoms with Crippen molar-refractivity contribution < 1.29 is 14.7 Å². The second kappa shape index (κ2) is 4.62. The molecule has 3 fully saturated rings. The van der Waals surface area contributed by atoms with Crippen molar-refractivity contribution in [3.63, 3.8) is 0 Å². The lowest BCUT2D eigenvalue weighted by molar-refractivity contribution is -0.140. The monoisotopic (exact) mass is 325 g/mol. The molecule has 1 N–H and O–H groups in total. The highest BCUT2D eigenvalue weighted by Crippen LogP contribution is 2.63. The second-order valence-corrected chi connectivity index (χ2v) is 8.35. The number of piperidine rings is 1. The fraction of sp³-hybridized carbons (Fsp3) is 0.600. The summed E-state index contributed by atoms with van der Waals surface area (Å²) < 4.78 is 0. The Balaban J connectivity index is 1.27. The van der Waals surface area contributed by atoms with Gasteiger partial charge in [0.25, 0.3) is 0 Å². The largest absolute Gasteiger partial charge is 0.481 e. The number of aryl methyl sites for hydroxylation is 1. The van der Waals surface area contributed by atoms with Gasteiger partial charge in [-0.15, -0.1) is 0 Å². The number of carbonyl (C=O) groups is 2. The van der Waals surface area contributed by atoms with Crippen LogP contribution in [0.5, 0.6) is 0 Å². The van der Waals surface area contributed by atoms with E-state index >= 15 is 0 Å². The van der Waals surface area contributed by atoms with E-state index in [1.165, 1.54) is 11.1 Å². The first-order valence-corrected chi connectivity index (χ1v) is 9.16. The van der Waals surface area contributed by atoms with Gasteiger partial charge in [0.2, 0.25) is 5.91 Å². The highest BCUT2D eigenvalue weighted by atomic mass is 16.4. The number of hydrogen-bond acceptors (Lipinski definition) is 2. The summed E-state index contributed by atoms with van der Waals surface area (Å²) in [6.07, 6.45) is 5.76. The third-order valence-corrected chi connectivity index (χ3v) is 7.33. The van der Waals surface area contributed by atoms with Crippen LogP contribution in [0.3, 0.4) is 0 Å². The van der Waals surface area contributed by atoms with E-state index in [1.54, 1.807) is 0 Å². The summed E-state index contributed by atoms with van der Waals surface area (Å²) in [7, 11) is 0. The minimum atomic E-state index is -0.654. The molecule has 1 aromatic rings. The van der Waals surface area contributed by atoms with Crippen LogP contribution in [0.2, 0.25) is 0 Å². The van der Waals surface area contributed by atoms with Gasteiger partial charge >= 0.3 is 5.97 Å². The molecular formula is C20H23NO3. The van der Waals surface area contributed by atoms with Crippen LogP contribution in [-0.4, -0.2) is 35.0 Å². The van der Waals surface area contributed by atoms with Gasteiger partial charge in [-0.1, -0.05) is 24.3 Å². The van der Waals surface area contributed by atoms with Crippen LogP contribution in [-0.2, 0) is 21.4 Å². The van der Waals surface area contributed by atoms with E-state index < -0.39 is 5.97 Å². The van der Waals surface area contributed by atoms with E-state index in [9.17, 15) is 14.7 Å². The fourth-order valence-electron chi connectivity index (χ4n) is 5.56. The van der Waals surface area contributed by atoms with Crippen molar-refractivity contribution in [2.24, 2.45) is 17.3 Å². The number of rotatable bonds is 2. The molecule has 0 bridgehead atoms. The van der Waals surface area contributed by atoms with Crippen molar-refractivity contribution in [1.82, 2.24) is 4.90 Å². The van der Waals surface area contributed by atoms with Gasteiger partial charge in [0, 0.05) is 24.4 Å². The summed E-state index contributed by atoms with van der Waals surface area (Å²) in [4.78, 5) is 26.2. The molecule has 3 aliphatic carbocycles. The van der Waals surface area contributed by atoms with Crippen molar-refractivity contribution in [1.29, 1.82) is 0 Å². The lowest BCUT2D eigenvalue weighted by Gasteiger charge is -2.33. The number of carboxylic acids is 1. The number of aliphatic carboxylic acids is 1. The van der Waals surface area contributed by atoms with Crippen LogP contribution < -0.4 is 0 Å². The first kappa shape index (κ1) is 14.5. The Morgan fingerprint density at radius 2 is 1.79 bits per heavy atom. The molecule has 3 unspecified atom stereocenters. The zero-order valence-corrected chi connectivity index (χ0v) is 13.8. The van der Waals surface area contributed by atoms with Crippen molar-refractivity contribution in [2.75, 3.05) is 13.1 Å². The number of hydrogen-bond donors (Lipinski definition) is 1. The Bertz CT molecular complexity index is 734. The van der Waals surface area contributed by atoms with Crippen LogP contribution in [0.25, 0.3) is 0 Å². The molecule has 5 rings (SSSR count). The number of carboxylic acid groups (broad SMARTS) is 1. The van der Waals surface area contributed by atoms with Crippen LogP contribution in [0.1, 0.15) is 43.2 Å². The summed E-state index contributed by atoms with van der Waals surface area (Å²) in [5.41, 5.74) is 2.95. The van der Waals surface area contributed by atoms with Gasteiger partial charge < -0.3 is 10.0 Å². The van der Waals surface area contributed by atoms with Gasteiger partial charge in [0.1, 0.15) is 0 Å². The van der Waals surface area contributed by atoms with Crippen molar-refractivity contribution in [3.05, 3.63) is 35.4 Å². The molecule has 1 aromatic carbocycles. The van der Waals surface area contributed by atoms with E-state index in [4.69, 9.17) is 0 Å². The average molecular weight is 325 g/mol. The number of benzene rings is 1. The summed E-state index contributed by atoms with van der Waals surface area (Å²) in [5, 5.41) is 9.20. The first-order valence-electron chi connectivity index (χ1n) is 9.16. The maximum atomic E-state index is 13.0. The third-order valence-electron chi connectivity index (χ3n) is 7.33. The van der Waals surface area contributed by atoms with E-state index in [2.05, 4.69) is 24.3 Å². The molecule has 4 aliphatic rings. The molecule has 24 heavy (non-hydrogen) atoms. The van der Waals surface area contributed by atoms with E-state index in [-0.39, 0.29) is 22.7 Å². The molecule has 4 heteroatoms. The molecule has 3 atom stereocenters. The summed E-state index contributed by atoms with van der Waals surface area (Å²) >= 11 is 0. The minimum absolute atomic E-state index is 0.00378. The number of carbonyl (C=O) groups excluding carboxylic acids is 1.